The van der Waals surface area contributed by atoms with Crippen LogP contribution in [0, 0.1) is 0 Å². The molecule has 0 N–H and O–H groups in total. The Bertz CT molecular complexity index is 977. The highest BCUT2D eigenvalue weighted by Gasteiger charge is 2.36. The number of thiazole rings is 1. The first-order valence-corrected chi connectivity index (χ1v) is 10.1. The van der Waals surface area contributed by atoms with Crippen LogP contribution in [0.25, 0.3) is 11.0 Å². The minimum absolute atomic E-state index is 0.0274. The molecule has 0 radical (unpaired) electrons. The molecule has 1 aliphatic heterocycles. The lowest BCUT2D eigenvalue weighted by atomic mass is 10.1. The molecular formula is C19H21ClN4OS. The number of imidazole rings is 1. The molecule has 1 aliphatic rings. The highest BCUT2D eigenvalue weighted by molar-refractivity contribution is 7.16. The van der Waals surface area contributed by atoms with Gasteiger partial charge >= 0.3 is 0 Å². The van der Waals surface area contributed by atoms with Crippen LogP contribution in [0.15, 0.2) is 24.3 Å². The maximum absolute atomic E-state index is 13.3. The zero-order chi connectivity index (χ0) is 18.4. The van der Waals surface area contributed by atoms with E-state index in [0.29, 0.717) is 10.2 Å². The van der Waals surface area contributed by atoms with Crippen molar-refractivity contribution in [3.8, 4) is 0 Å². The summed E-state index contributed by atoms with van der Waals surface area (Å²) in [6.45, 7) is 4.85. The highest BCUT2D eigenvalue weighted by Crippen LogP contribution is 2.36. The average molecular weight is 389 g/mol. The predicted molar refractivity (Wildman–Crippen MR) is 105 cm³/mol. The molecule has 0 unspecified atom stereocenters. The fraction of sp³-hybridized carbons (Fsp3) is 0.421. The van der Waals surface area contributed by atoms with Crippen LogP contribution in [0.1, 0.15) is 59.8 Å². The van der Waals surface area contributed by atoms with Crippen molar-refractivity contribution in [1.82, 2.24) is 19.4 Å². The van der Waals surface area contributed by atoms with E-state index >= 15 is 0 Å². The molecule has 0 saturated carbocycles. The van der Waals surface area contributed by atoms with Crippen molar-refractivity contribution in [1.29, 1.82) is 0 Å². The molecular weight excluding hydrogens is 368 g/mol. The highest BCUT2D eigenvalue weighted by atomic mass is 35.5. The van der Waals surface area contributed by atoms with Gasteiger partial charge in [0.1, 0.15) is 11.5 Å². The molecule has 3 heterocycles. The molecule has 3 aromatic rings. The minimum atomic E-state index is -0.0357. The molecule has 0 aliphatic carbocycles. The van der Waals surface area contributed by atoms with Crippen LogP contribution in [0.5, 0.6) is 0 Å². The molecule has 0 bridgehead atoms. The van der Waals surface area contributed by atoms with E-state index in [0.717, 1.165) is 41.1 Å². The topological polar surface area (TPSA) is 51.0 Å². The molecule has 1 fully saturated rings. The maximum Gasteiger partial charge on any atom is 0.274 e. The Hall–Kier alpha value is -1.92. The number of amides is 1. The first kappa shape index (κ1) is 17.5. The summed E-state index contributed by atoms with van der Waals surface area (Å²) in [5, 5.41) is 0. The Morgan fingerprint density at radius 2 is 2.08 bits per heavy atom. The van der Waals surface area contributed by atoms with Crippen molar-refractivity contribution in [2.24, 2.45) is 7.05 Å². The van der Waals surface area contributed by atoms with E-state index in [1.807, 2.05) is 30.1 Å². The van der Waals surface area contributed by atoms with Crippen molar-refractivity contribution < 1.29 is 4.79 Å². The summed E-state index contributed by atoms with van der Waals surface area (Å²) < 4.78 is 2.53. The third kappa shape index (κ3) is 2.81. The molecule has 26 heavy (non-hydrogen) atoms. The summed E-state index contributed by atoms with van der Waals surface area (Å²) in [7, 11) is 2.02. The van der Waals surface area contributed by atoms with Crippen LogP contribution in [-0.2, 0) is 7.05 Å². The number of carbonyl (C=O) groups is 1. The van der Waals surface area contributed by atoms with Gasteiger partial charge in [-0.3, -0.25) is 4.79 Å². The first-order valence-electron chi connectivity index (χ1n) is 8.86. The Morgan fingerprint density at radius 3 is 2.81 bits per heavy atom. The van der Waals surface area contributed by atoms with E-state index in [2.05, 4.69) is 29.5 Å². The maximum atomic E-state index is 13.3. The Kier molecular flexibility index (Phi) is 4.49. The van der Waals surface area contributed by atoms with Crippen LogP contribution in [0.2, 0.25) is 4.47 Å². The number of rotatable bonds is 3. The summed E-state index contributed by atoms with van der Waals surface area (Å²) in [5.41, 5.74) is 2.55. The van der Waals surface area contributed by atoms with Gasteiger partial charge in [-0.2, -0.15) is 0 Å². The Balaban J connectivity index is 1.72. The quantitative estimate of drug-likeness (QED) is 0.648. The van der Waals surface area contributed by atoms with Crippen LogP contribution in [0.3, 0.4) is 0 Å². The summed E-state index contributed by atoms with van der Waals surface area (Å²) in [6.07, 6.45) is 1.88. The normalized spacial score (nSPS) is 17.6. The van der Waals surface area contributed by atoms with Gasteiger partial charge < -0.3 is 9.47 Å². The standard InChI is InChI=1S/C19H21ClN4OS/c1-11(2)16-15(22-19(20)26-16)18(25)24-10-6-9-14(24)17-21-12-7-4-5-8-13(12)23(17)3/h4-5,7-8,11,14H,6,9-10H2,1-3H3/t14-/m0/s1. The first-order chi connectivity index (χ1) is 12.5. The number of carbonyl (C=O) groups excluding carboxylic acids is 1. The molecule has 0 spiro atoms. The van der Waals surface area contributed by atoms with Gasteiger partial charge in [-0.05, 0) is 30.9 Å². The van der Waals surface area contributed by atoms with E-state index < -0.39 is 0 Å². The van der Waals surface area contributed by atoms with Gasteiger partial charge in [-0.1, -0.05) is 37.6 Å². The largest absolute Gasteiger partial charge is 0.329 e. The van der Waals surface area contributed by atoms with Crippen LogP contribution < -0.4 is 0 Å². The van der Waals surface area contributed by atoms with Gasteiger partial charge in [0.2, 0.25) is 0 Å². The number of aromatic nitrogens is 3. The van der Waals surface area contributed by atoms with Crippen molar-refractivity contribution in [3.63, 3.8) is 0 Å². The third-order valence-electron chi connectivity index (χ3n) is 4.99. The molecule has 2 aromatic heterocycles. The number of hydrogen-bond donors (Lipinski definition) is 0. The number of halogens is 1. The van der Waals surface area contributed by atoms with E-state index in [4.69, 9.17) is 16.6 Å². The fourth-order valence-electron chi connectivity index (χ4n) is 3.73. The van der Waals surface area contributed by atoms with Gasteiger partial charge in [-0.15, -0.1) is 11.3 Å². The molecule has 136 valence electrons. The molecule has 5 nitrogen and oxygen atoms in total. The molecule has 1 amide bonds. The number of likely N-dealkylation sites (tertiary alicyclic amines) is 1. The van der Waals surface area contributed by atoms with Crippen molar-refractivity contribution in [2.75, 3.05) is 6.54 Å². The smallest absolute Gasteiger partial charge is 0.274 e. The third-order valence-corrected chi connectivity index (χ3v) is 6.45. The van der Waals surface area contributed by atoms with E-state index in [9.17, 15) is 4.79 Å². The van der Waals surface area contributed by atoms with Crippen molar-refractivity contribution in [2.45, 2.75) is 38.6 Å². The van der Waals surface area contributed by atoms with Crippen molar-refractivity contribution in [3.05, 3.63) is 45.1 Å². The van der Waals surface area contributed by atoms with Gasteiger partial charge in [0.15, 0.2) is 4.47 Å². The lowest BCUT2D eigenvalue weighted by Crippen LogP contribution is -2.32. The lowest BCUT2D eigenvalue weighted by molar-refractivity contribution is 0.0722. The number of para-hydroxylation sites is 2. The summed E-state index contributed by atoms with van der Waals surface area (Å²) >= 11 is 7.51. The summed E-state index contributed by atoms with van der Waals surface area (Å²) in [4.78, 5) is 25.3. The van der Waals surface area contributed by atoms with Crippen LogP contribution in [0.4, 0.5) is 0 Å². The Labute approximate surface area is 161 Å². The number of nitrogens with zero attached hydrogens (tertiary/aromatic N) is 4. The second-order valence-electron chi connectivity index (χ2n) is 7.01. The van der Waals surface area contributed by atoms with Crippen LogP contribution in [-0.4, -0.2) is 31.9 Å². The monoisotopic (exact) mass is 388 g/mol. The molecule has 1 atom stereocenters. The van der Waals surface area contributed by atoms with Crippen LogP contribution >= 0.6 is 22.9 Å². The average Bonchev–Trinajstić information content (AvgIpc) is 3.32. The van der Waals surface area contributed by atoms with E-state index in [1.54, 1.807) is 0 Å². The summed E-state index contributed by atoms with van der Waals surface area (Å²) in [5.74, 6) is 1.12. The van der Waals surface area contributed by atoms with Gasteiger partial charge in [0.05, 0.1) is 17.1 Å². The number of hydrogen-bond acceptors (Lipinski definition) is 4. The number of aryl methyl sites for hydroxylation is 1. The van der Waals surface area contributed by atoms with Crippen molar-refractivity contribution >= 4 is 39.9 Å². The second-order valence-corrected chi connectivity index (χ2v) is 8.62. The van der Waals surface area contributed by atoms with E-state index in [1.165, 1.54) is 11.3 Å². The molecule has 1 saturated heterocycles. The summed E-state index contributed by atoms with van der Waals surface area (Å²) in [6, 6.07) is 8.04. The van der Waals surface area contributed by atoms with Gasteiger partial charge in [0, 0.05) is 18.5 Å². The zero-order valence-electron chi connectivity index (χ0n) is 15.1. The predicted octanol–water partition coefficient (Wildman–Crippen LogP) is 4.78. The van der Waals surface area contributed by atoms with E-state index in [-0.39, 0.29) is 17.9 Å². The molecule has 7 heteroatoms. The number of fused-ring (bicyclic) bond motifs is 1. The minimum Gasteiger partial charge on any atom is -0.329 e. The number of benzene rings is 1. The molecule has 1 aromatic carbocycles. The zero-order valence-corrected chi connectivity index (χ0v) is 16.6. The van der Waals surface area contributed by atoms with Gasteiger partial charge in [-0.25, -0.2) is 9.97 Å². The molecule has 4 rings (SSSR count). The second kappa shape index (κ2) is 6.67. The fourth-order valence-corrected chi connectivity index (χ4v) is 4.84. The Morgan fingerprint density at radius 1 is 1.31 bits per heavy atom. The SMILES string of the molecule is CC(C)c1sc(Cl)nc1C(=O)N1CCC[C@H]1c1nc2ccccc2n1C. The lowest BCUT2D eigenvalue weighted by Gasteiger charge is -2.24. The van der Waals surface area contributed by atoms with Gasteiger partial charge in [0.25, 0.3) is 5.91 Å².